The fourth-order valence-electron chi connectivity index (χ4n) is 5.92. The van der Waals surface area contributed by atoms with E-state index in [9.17, 15) is 8.42 Å². The Hall–Kier alpha value is -3.13. The second kappa shape index (κ2) is 13.1. The summed E-state index contributed by atoms with van der Waals surface area (Å²) in [5.74, 6) is 1.57. The van der Waals surface area contributed by atoms with Gasteiger partial charge in [-0.2, -0.15) is 4.98 Å². The molecule has 0 atom stereocenters. The average molecular weight is 687 g/mol. The minimum absolute atomic E-state index is 0.326. The molecule has 0 bridgehead atoms. The fourth-order valence-corrected chi connectivity index (χ4v) is 7.62. The van der Waals surface area contributed by atoms with Crippen LogP contribution in [-0.4, -0.2) is 80.6 Å². The molecule has 3 heterocycles. The van der Waals surface area contributed by atoms with Crippen molar-refractivity contribution in [2.75, 3.05) is 60.2 Å². The number of hydrogen-bond acceptors (Lipinski definition) is 10. The quantitative estimate of drug-likeness (QED) is 0.221. The van der Waals surface area contributed by atoms with Gasteiger partial charge in [0.25, 0.3) is 0 Å². The Labute approximate surface area is 267 Å². The molecule has 3 fully saturated rings. The first-order valence-electron chi connectivity index (χ1n) is 15.2. The Morgan fingerprint density at radius 2 is 1.75 bits per heavy atom. The van der Waals surface area contributed by atoms with Gasteiger partial charge in [-0.3, -0.25) is 9.62 Å². The molecule has 1 aromatic heterocycles. The third kappa shape index (κ3) is 6.90. The Morgan fingerprint density at radius 1 is 1.02 bits per heavy atom. The zero-order chi connectivity index (χ0) is 30.8. The lowest BCUT2D eigenvalue weighted by Crippen LogP contribution is -2.58. The Bertz CT molecular complexity index is 1590. The topological polar surface area (TPSA) is 121 Å². The third-order valence-corrected chi connectivity index (χ3v) is 10.9. The molecule has 1 saturated carbocycles. The van der Waals surface area contributed by atoms with Crippen molar-refractivity contribution in [2.45, 2.75) is 56.9 Å². The van der Waals surface area contributed by atoms with Crippen molar-refractivity contribution in [3.8, 4) is 5.75 Å². The number of hydrogen-bond donors (Lipinski definition) is 3. The van der Waals surface area contributed by atoms with Crippen LogP contribution in [0, 0.1) is 6.92 Å². The number of halogens is 1. The summed E-state index contributed by atoms with van der Waals surface area (Å²) in [6.07, 6.45) is 5.70. The number of piperidine rings is 1. The number of aryl methyl sites for hydroxylation is 1. The van der Waals surface area contributed by atoms with Gasteiger partial charge >= 0.3 is 0 Å². The Kier molecular flexibility index (Phi) is 9.18. The van der Waals surface area contributed by atoms with Crippen LogP contribution in [0.4, 0.5) is 34.5 Å². The molecule has 2 aliphatic heterocycles. The summed E-state index contributed by atoms with van der Waals surface area (Å²) in [7, 11) is -1.75. The van der Waals surface area contributed by atoms with Crippen LogP contribution >= 0.6 is 15.9 Å². The van der Waals surface area contributed by atoms with Crippen LogP contribution in [-0.2, 0) is 14.8 Å². The van der Waals surface area contributed by atoms with Gasteiger partial charge in [0, 0.05) is 56.8 Å². The summed E-state index contributed by atoms with van der Waals surface area (Å²) < 4.78 is 40.1. The van der Waals surface area contributed by atoms with Gasteiger partial charge in [0.1, 0.15) is 11.6 Å². The number of likely N-dealkylation sites (tertiary alicyclic amines) is 1. The zero-order valence-corrected chi connectivity index (χ0v) is 27.7. The van der Waals surface area contributed by atoms with Crippen LogP contribution in [0.15, 0.2) is 47.1 Å². The van der Waals surface area contributed by atoms with Gasteiger partial charge in [0.15, 0.2) is 0 Å². The predicted molar refractivity (Wildman–Crippen MR) is 178 cm³/mol. The molecular weight excluding hydrogens is 646 g/mol. The van der Waals surface area contributed by atoms with Crippen molar-refractivity contribution < 1.29 is 17.9 Å². The lowest BCUT2D eigenvalue weighted by molar-refractivity contribution is -0.0712. The van der Waals surface area contributed by atoms with Crippen LogP contribution in [0.5, 0.6) is 5.75 Å². The average Bonchev–Trinajstić information content (AvgIpc) is 3.85. The first-order chi connectivity index (χ1) is 21.2. The van der Waals surface area contributed by atoms with Gasteiger partial charge in [-0.05, 0) is 79.2 Å². The van der Waals surface area contributed by atoms with Crippen LogP contribution in [0.2, 0.25) is 0 Å². The maximum Gasteiger partial charge on any atom is 0.235 e. The van der Waals surface area contributed by atoms with Gasteiger partial charge in [-0.25, -0.2) is 13.4 Å². The van der Waals surface area contributed by atoms with Crippen LogP contribution in [0.1, 0.15) is 38.2 Å². The highest BCUT2D eigenvalue weighted by molar-refractivity contribution is 9.10. The molecule has 1 aliphatic carbocycles. The Balaban J connectivity index is 1.14. The minimum atomic E-state index is -3.42. The lowest BCUT2D eigenvalue weighted by atomic mass is 9.97. The summed E-state index contributed by atoms with van der Waals surface area (Å²) in [6, 6.07) is 12.0. The molecule has 0 radical (unpaired) electrons. The third-order valence-electron chi connectivity index (χ3n) is 8.50. The van der Waals surface area contributed by atoms with Gasteiger partial charge in [-0.15, -0.1) is 0 Å². The van der Waals surface area contributed by atoms with E-state index in [-0.39, 0.29) is 5.25 Å². The molecule has 3 N–H and O–H groups in total. The number of nitrogens with one attached hydrogen (secondary N) is 3. The second-order valence-electron chi connectivity index (χ2n) is 11.6. The Morgan fingerprint density at radius 3 is 2.43 bits per heavy atom. The van der Waals surface area contributed by atoms with E-state index in [0.717, 1.165) is 56.9 Å². The van der Waals surface area contributed by atoms with Gasteiger partial charge < -0.3 is 25.0 Å². The minimum Gasteiger partial charge on any atom is -0.494 e. The number of methoxy groups -OCH3 is 1. The van der Waals surface area contributed by atoms with Crippen molar-refractivity contribution in [2.24, 2.45) is 0 Å². The highest BCUT2D eigenvalue weighted by Gasteiger charge is 2.36. The maximum atomic E-state index is 12.6. The molecule has 13 heteroatoms. The fraction of sp³-hybridized carbons (Fsp3) is 0.484. The number of aromatic nitrogens is 2. The standard InChI is InChI=1S/C31H40BrN7O4S/c1-4-43-22-18-39(19-22)21-11-13-38(14-12-21)28-16-29(42-3)27(15-20(28)2)35-31-33-17-24(32)30(36-31)34-25-7-5-6-8-26(25)37-44(40,41)23-9-10-23/h5-8,15-17,21-23,37H,4,9-14,18-19H2,1-3H3,(H2,33,34,35,36). The zero-order valence-electron chi connectivity index (χ0n) is 25.3. The number of nitrogens with zero attached hydrogens (tertiary/aromatic N) is 4. The largest absolute Gasteiger partial charge is 0.494 e. The number of benzene rings is 2. The second-order valence-corrected chi connectivity index (χ2v) is 14.4. The molecule has 44 heavy (non-hydrogen) atoms. The predicted octanol–water partition coefficient (Wildman–Crippen LogP) is 5.64. The number of rotatable bonds is 12. The summed E-state index contributed by atoms with van der Waals surface area (Å²) >= 11 is 3.52. The summed E-state index contributed by atoms with van der Waals surface area (Å²) in [6.45, 7) is 9.06. The van der Waals surface area contributed by atoms with Crippen molar-refractivity contribution in [3.05, 3.63) is 52.6 Å². The normalized spacial score (nSPS) is 18.1. The molecule has 2 aromatic carbocycles. The van der Waals surface area contributed by atoms with Crippen molar-refractivity contribution in [3.63, 3.8) is 0 Å². The molecule has 236 valence electrons. The summed E-state index contributed by atoms with van der Waals surface area (Å²) in [4.78, 5) is 14.2. The first-order valence-corrected chi connectivity index (χ1v) is 17.5. The van der Waals surface area contributed by atoms with E-state index < -0.39 is 10.0 Å². The molecule has 0 unspecified atom stereocenters. The van der Waals surface area contributed by atoms with Crippen LogP contribution in [0.3, 0.4) is 0 Å². The van der Waals surface area contributed by atoms with Gasteiger partial charge in [-0.1, -0.05) is 12.1 Å². The number of anilines is 6. The number of ether oxygens (including phenoxy) is 2. The molecule has 0 amide bonds. The maximum absolute atomic E-state index is 12.6. The molecule has 0 spiro atoms. The first kappa shape index (κ1) is 30.9. The van der Waals surface area contributed by atoms with Gasteiger partial charge in [0.2, 0.25) is 16.0 Å². The van der Waals surface area contributed by atoms with Crippen molar-refractivity contribution in [1.29, 1.82) is 0 Å². The van der Waals surface area contributed by atoms with Crippen molar-refractivity contribution in [1.82, 2.24) is 14.9 Å². The van der Waals surface area contributed by atoms with E-state index in [2.05, 4.69) is 77.0 Å². The SMILES string of the molecule is CCOC1CN(C2CCN(c3cc(OC)c(Nc4ncc(Br)c(Nc5ccccc5NS(=O)(=O)C5CC5)n4)cc3C)CC2)C1. The molecule has 6 rings (SSSR count). The van der Waals surface area contributed by atoms with E-state index >= 15 is 0 Å². The lowest BCUT2D eigenvalue weighted by Gasteiger charge is -2.47. The molecule has 11 nitrogen and oxygen atoms in total. The smallest absolute Gasteiger partial charge is 0.235 e. The number of para-hydroxylation sites is 2. The van der Waals surface area contributed by atoms with E-state index in [1.165, 1.54) is 5.69 Å². The van der Waals surface area contributed by atoms with Crippen molar-refractivity contribution >= 4 is 60.5 Å². The van der Waals surface area contributed by atoms with E-state index in [1.807, 2.05) is 12.1 Å². The highest BCUT2D eigenvalue weighted by atomic mass is 79.9. The summed E-state index contributed by atoms with van der Waals surface area (Å²) in [5.41, 5.74) is 4.13. The van der Waals surface area contributed by atoms with Crippen LogP contribution in [0.25, 0.3) is 0 Å². The summed E-state index contributed by atoms with van der Waals surface area (Å²) in [5, 5.41) is 6.25. The molecule has 3 aromatic rings. The van der Waals surface area contributed by atoms with Gasteiger partial charge in [0.05, 0.1) is 40.0 Å². The van der Waals surface area contributed by atoms with E-state index in [0.29, 0.717) is 58.4 Å². The van der Waals surface area contributed by atoms with Crippen LogP contribution < -0.4 is 25.0 Å². The molecular formula is C31H40BrN7O4S. The monoisotopic (exact) mass is 685 g/mol. The molecule has 3 aliphatic rings. The van der Waals surface area contributed by atoms with E-state index in [1.54, 1.807) is 25.4 Å². The van der Waals surface area contributed by atoms with E-state index in [4.69, 9.17) is 9.47 Å². The molecule has 2 saturated heterocycles. The highest BCUT2D eigenvalue weighted by Crippen LogP contribution is 2.38. The number of sulfonamides is 1.